The van der Waals surface area contributed by atoms with Crippen LogP contribution in [-0.2, 0) is 5.75 Å². The molecule has 0 saturated heterocycles. The van der Waals surface area contributed by atoms with E-state index in [0.29, 0.717) is 28.2 Å². The second-order valence-electron chi connectivity index (χ2n) is 6.49. The quantitative estimate of drug-likeness (QED) is 0.357. The number of nitrogens with zero attached hydrogens (tertiary/aromatic N) is 2. The van der Waals surface area contributed by atoms with Crippen LogP contribution in [0.1, 0.15) is 16.7 Å². The Labute approximate surface area is 165 Å². The minimum absolute atomic E-state index is 0.405. The van der Waals surface area contributed by atoms with Crippen LogP contribution in [0.4, 0.5) is 0 Å². The number of methoxy groups -OCH3 is 1. The molecule has 4 rings (SSSR count). The van der Waals surface area contributed by atoms with Crippen molar-refractivity contribution in [3.63, 3.8) is 0 Å². The summed E-state index contributed by atoms with van der Waals surface area (Å²) >= 11 is 1.38. The van der Waals surface area contributed by atoms with Gasteiger partial charge in [-0.1, -0.05) is 29.0 Å². The van der Waals surface area contributed by atoms with E-state index in [0.717, 1.165) is 27.6 Å². The standard InChI is InChI=1S/C21H18N2O4S/c1-12-6-13(2)8-14(7-12)20-22-23-21(27-20)28-11-15-9-19(24)26-18-10-16(25-3)4-5-17(15)18/h4-10H,11H2,1-3H3. The molecule has 0 atom stereocenters. The minimum Gasteiger partial charge on any atom is -0.497 e. The third kappa shape index (κ3) is 3.80. The lowest BCUT2D eigenvalue weighted by molar-refractivity contribution is 0.414. The number of ether oxygens (including phenoxy) is 1. The fraction of sp³-hybridized carbons (Fsp3) is 0.190. The summed E-state index contributed by atoms with van der Waals surface area (Å²) < 4.78 is 16.3. The van der Waals surface area contributed by atoms with Gasteiger partial charge in [0.25, 0.3) is 5.22 Å². The Hall–Kier alpha value is -3.06. The molecule has 0 N–H and O–H groups in total. The second kappa shape index (κ2) is 7.52. The summed E-state index contributed by atoms with van der Waals surface area (Å²) in [5, 5.41) is 9.57. The Morgan fingerprint density at radius 1 is 1.00 bits per heavy atom. The summed E-state index contributed by atoms with van der Waals surface area (Å²) in [7, 11) is 1.57. The minimum atomic E-state index is -0.405. The summed E-state index contributed by atoms with van der Waals surface area (Å²) in [6.07, 6.45) is 0. The van der Waals surface area contributed by atoms with Crippen molar-refractivity contribution in [1.29, 1.82) is 0 Å². The molecule has 7 heteroatoms. The molecular weight excluding hydrogens is 376 g/mol. The number of rotatable bonds is 5. The molecule has 0 fully saturated rings. The van der Waals surface area contributed by atoms with Gasteiger partial charge in [0.1, 0.15) is 11.3 Å². The lowest BCUT2D eigenvalue weighted by atomic mass is 10.1. The molecule has 28 heavy (non-hydrogen) atoms. The second-order valence-corrected chi connectivity index (χ2v) is 7.42. The first-order chi connectivity index (χ1) is 13.5. The average molecular weight is 394 g/mol. The topological polar surface area (TPSA) is 78.4 Å². The number of benzene rings is 2. The van der Waals surface area contributed by atoms with Crippen molar-refractivity contribution in [2.75, 3.05) is 7.11 Å². The molecule has 2 aromatic heterocycles. The summed E-state index contributed by atoms with van der Waals surface area (Å²) in [6.45, 7) is 4.06. The van der Waals surface area contributed by atoms with Gasteiger partial charge >= 0.3 is 5.63 Å². The first-order valence-electron chi connectivity index (χ1n) is 8.67. The normalized spacial score (nSPS) is 11.1. The van der Waals surface area contributed by atoms with E-state index >= 15 is 0 Å². The fourth-order valence-corrected chi connectivity index (χ4v) is 3.83. The molecule has 0 radical (unpaired) electrons. The number of thioether (sulfide) groups is 1. The first-order valence-corrected chi connectivity index (χ1v) is 9.66. The van der Waals surface area contributed by atoms with Crippen molar-refractivity contribution in [2.24, 2.45) is 0 Å². The Bertz CT molecular complexity index is 1190. The zero-order valence-electron chi connectivity index (χ0n) is 15.7. The van der Waals surface area contributed by atoms with Gasteiger partial charge in [0.15, 0.2) is 0 Å². The van der Waals surface area contributed by atoms with Crippen molar-refractivity contribution in [3.8, 4) is 17.2 Å². The molecule has 4 aromatic rings. The molecule has 0 saturated carbocycles. The predicted molar refractivity (Wildman–Crippen MR) is 108 cm³/mol. The molecule has 0 amide bonds. The van der Waals surface area contributed by atoms with Crippen LogP contribution in [0.15, 0.2) is 61.3 Å². The molecule has 0 aliphatic heterocycles. The summed E-state index contributed by atoms with van der Waals surface area (Å²) in [4.78, 5) is 11.9. The van der Waals surface area contributed by atoms with Crippen molar-refractivity contribution in [2.45, 2.75) is 24.8 Å². The van der Waals surface area contributed by atoms with Crippen molar-refractivity contribution < 1.29 is 13.6 Å². The lowest BCUT2D eigenvalue weighted by Gasteiger charge is -2.05. The molecule has 142 valence electrons. The maximum atomic E-state index is 11.9. The number of aryl methyl sites for hydroxylation is 2. The van der Waals surface area contributed by atoms with E-state index in [1.165, 1.54) is 17.8 Å². The largest absolute Gasteiger partial charge is 0.497 e. The van der Waals surface area contributed by atoms with Gasteiger partial charge in [-0.15, -0.1) is 10.2 Å². The van der Waals surface area contributed by atoms with Gasteiger partial charge in [0, 0.05) is 28.8 Å². The van der Waals surface area contributed by atoms with Crippen molar-refractivity contribution >= 4 is 22.7 Å². The van der Waals surface area contributed by atoms with E-state index in [4.69, 9.17) is 13.6 Å². The highest BCUT2D eigenvalue weighted by molar-refractivity contribution is 7.98. The van der Waals surface area contributed by atoms with Gasteiger partial charge in [-0.3, -0.25) is 0 Å². The number of hydrogen-bond acceptors (Lipinski definition) is 7. The molecule has 2 heterocycles. The SMILES string of the molecule is COc1ccc2c(CSc3nnc(-c4cc(C)cc(C)c4)o3)cc(=O)oc2c1. The van der Waals surface area contributed by atoms with E-state index in [2.05, 4.69) is 16.3 Å². The van der Waals surface area contributed by atoms with E-state index in [9.17, 15) is 4.79 Å². The van der Waals surface area contributed by atoms with Gasteiger partial charge in [0.2, 0.25) is 5.89 Å². The molecule has 2 aromatic carbocycles. The molecule has 0 unspecified atom stereocenters. The number of aromatic nitrogens is 2. The highest BCUT2D eigenvalue weighted by atomic mass is 32.2. The molecular formula is C21H18N2O4S. The molecule has 0 aliphatic rings. The Balaban J connectivity index is 1.58. The first kappa shape index (κ1) is 18.3. The lowest BCUT2D eigenvalue weighted by Crippen LogP contribution is -2.00. The van der Waals surface area contributed by atoms with Crippen LogP contribution in [0.2, 0.25) is 0 Å². The summed E-state index contributed by atoms with van der Waals surface area (Å²) in [5.74, 6) is 1.62. The van der Waals surface area contributed by atoms with Crippen molar-refractivity contribution in [1.82, 2.24) is 10.2 Å². The van der Waals surface area contributed by atoms with Crippen LogP contribution in [-0.4, -0.2) is 17.3 Å². The van der Waals surface area contributed by atoms with Crippen LogP contribution in [0, 0.1) is 13.8 Å². The van der Waals surface area contributed by atoms with Crippen LogP contribution in [0.3, 0.4) is 0 Å². The number of hydrogen-bond donors (Lipinski definition) is 0. The van der Waals surface area contributed by atoms with E-state index in [-0.39, 0.29) is 0 Å². The van der Waals surface area contributed by atoms with E-state index in [1.807, 2.05) is 38.1 Å². The zero-order valence-corrected chi connectivity index (χ0v) is 16.5. The maximum absolute atomic E-state index is 11.9. The van der Waals surface area contributed by atoms with Crippen LogP contribution >= 0.6 is 11.8 Å². The smallest absolute Gasteiger partial charge is 0.336 e. The van der Waals surface area contributed by atoms with E-state index < -0.39 is 5.63 Å². The Kier molecular flexibility index (Phi) is 4.92. The molecule has 6 nitrogen and oxygen atoms in total. The third-order valence-electron chi connectivity index (χ3n) is 4.26. The maximum Gasteiger partial charge on any atom is 0.336 e. The van der Waals surface area contributed by atoms with Gasteiger partial charge < -0.3 is 13.6 Å². The van der Waals surface area contributed by atoms with Gasteiger partial charge in [0.05, 0.1) is 7.11 Å². The zero-order chi connectivity index (χ0) is 19.7. The third-order valence-corrected chi connectivity index (χ3v) is 5.13. The molecule has 0 bridgehead atoms. The van der Waals surface area contributed by atoms with Gasteiger partial charge in [-0.25, -0.2) is 4.79 Å². The average Bonchev–Trinajstić information content (AvgIpc) is 3.13. The number of fused-ring (bicyclic) bond motifs is 1. The monoisotopic (exact) mass is 394 g/mol. The predicted octanol–water partition coefficient (Wildman–Crippen LogP) is 4.76. The van der Waals surface area contributed by atoms with Crippen LogP contribution in [0.25, 0.3) is 22.4 Å². The summed E-state index contributed by atoms with van der Waals surface area (Å²) in [5.41, 5.74) is 4.10. The molecule has 0 spiro atoms. The van der Waals surface area contributed by atoms with Gasteiger partial charge in [-0.05, 0) is 43.7 Å². The highest BCUT2D eigenvalue weighted by Crippen LogP contribution is 2.30. The Morgan fingerprint density at radius 2 is 1.79 bits per heavy atom. The van der Waals surface area contributed by atoms with Gasteiger partial charge in [-0.2, -0.15) is 0 Å². The van der Waals surface area contributed by atoms with Crippen LogP contribution < -0.4 is 10.4 Å². The fourth-order valence-electron chi connectivity index (χ4n) is 3.08. The molecule has 0 aliphatic carbocycles. The van der Waals surface area contributed by atoms with E-state index in [1.54, 1.807) is 13.2 Å². The Morgan fingerprint density at radius 3 is 2.54 bits per heavy atom. The van der Waals surface area contributed by atoms with Crippen molar-refractivity contribution in [3.05, 3.63) is 69.6 Å². The van der Waals surface area contributed by atoms with Crippen LogP contribution in [0.5, 0.6) is 5.75 Å². The highest BCUT2D eigenvalue weighted by Gasteiger charge is 2.12. The summed E-state index contributed by atoms with van der Waals surface area (Å²) in [6, 6.07) is 13.0.